The molecule has 1 aromatic heterocycles. The van der Waals surface area contributed by atoms with E-state index in [-0.39, 0.29) is 0 Å². The van der Waals surface area contributed by atoms with Crippen LogP contribution in [0.15, 0.2) is 35.4 Å². The molecule has 0 saturated heterocycles. The molecule has 0 aliphatic heterocycles. The molecule has 2 aromatic rings. The number of aryl methyl sites for hydroxylation is 1. The Labute approximate surface area is 106 Å². The highest BCUT2D eigenvalue weighted by molar-refractivity contribution is 7.98. The number of nitrogens with zero attached hydrogens (tertiary/aromatic N) is 1. The van der Waals surface area contributed by atoms with Gasteiger partial charge in [-0.05, 0) is 30.9 Å². The molecule has 2 rings (SSSR count). The minimum atomic E-state index is 1.12. The fourth-order valence-electron chi connectivity index (χ4n) is 1.25. The van der Waals surface area contributed by atoms with Crippen molar-refractivity contribution in [1.29, 1.82) is 0 Å². The van der Waals surface area contributed by atoms with Crippen molar-refractivity contribution in [2.75, 3.05) is 6.26 Å². The number of rotatable bonds is 2. The first kappa shape index (κ1) is 13.3. The van der Waals surface area contributed by atoms with Gasteiger partial charge in [-0.2, -0.15) is 0 Å². The molecular weight excluding hydrogens is 234 g/mol. The smallest absolute Gasteiger partial charge is 0.0900 e. The van der Waals surface area contributed by atoms with Gasteiger partial charge in [0.15, 0.2) is 0 Å². The molecule has 0 aliphatic carbocycles. The zero-order chi connectivity index (χ0) is 12.0. The van der Waals surface area contributed by atoms with Crippen LogP contribution >= 0.6 is 23.1 Å². The normalized spacial score (nSPS) is 9.50. The third kappa shape index (κ3) is 3.35. The number of benzene rings is 1. The van der Waals surface area contributed by atoms with E-state index in [2.05, 4.69) is 35.5 Å². The molecule has 1 aromatic carbocycles. The maximum Gasteiger partial charge on any atom is 0.0900 e. The zero-order valence-electron chi connectivity index (χ0n) is 10.2. The standard InChI is InChI=1S/C11H11NS2.C2H6/c1-8-12-7-11(14-8)9-3-5-10(13-2)6-4-9;1-2/h3-7H,1-2H3;1-2H3. The molecule has 3 heteroatoms. The van der Waals surface area contributed by atoms with Crippen molar-refractivity contribution in [2.45, 2.75) is 25.7 Å². The molecule has 0 spiro atoms. The lowest BCUT2D eigenvalue weighted by atomic mass is 10.2. The lowest BCUT2D eigenvalue weighted by Crippen LogP contribution is -1.72. The highest BCUT2D eigenvalue weighted by Crippen LogP contribution is 2.27. The van der Waals surface area contributed by atoms with E-state index in [1.807, 2.05) is 27.0 Å². The van der Waals surface area contributed by atoms with Crippen LogP contribution < -0.4 is 0 Å². The Morgan fingerprint density at radius 1 is 1.12 bits per heavy atom. The first-order chi connectivity index (χ1) is 7.79. The third-order valence-corrected chi connectivity index (χ3v) is 3.70. The molecule has 0 N–H and O–H groups in total. The summed E-state index contributed by atoms with van der Waals surface area (Å²) in [6.07, 6.45) is 4.03. The van der Waals surface area contributed by atoms with Crippen LogP contribution in [0.2, 0.25) is 0 Å². The van der Waals surface area contributed by atoms with Gasteiger partial charge >= 0.3 is 0 Å². The van der Waals surface area contributed by atoms with Crippen LogP contribution in [0.3, 0.4) is 0 Å². The minimum absolute atomic E-state index is 1.12. The summed E-state index contributed by atoms with van der Waals surface area (Å²) in [5.74, 6) is 0. The largest absolute Gasteiger partial charge is 0.249 e. The van der Waals surface area contributed by atoms with Gasteiger partial charge in [0.1, 0.15) is 0 Å². The van der Waals surface area contributed by atoms with Crippen molar-refractivity contribution < 1.29 is 0 Å². The second-order valence-electron chi connectivity index (χ2n) is 2.97. The quantitative estimate of drug-likeness (QED) is 0.706. The van der Waals surface area contributed by atoms with Crippen molar-refractivity contribution >= 4 is 23.1 Å². The molecular formula is C13H17NS2. The minimum Gasteiger partial charge on any atom is -0.249 e. The van der Waals surface area contributed by atoms with Crippen LogP contribution in [0.1, 0.15) is 18.9 Å². The molecule has 0 saturated carbocycles. The number of thioether (sulfide) groups is 1. The summed E-state index contributed by atoms with van der Waals surface area (Å²) >= 11 is 3.50. The summed E-state index contributed by atoms with van der Waals surface area (Å²) in [7, 11) is 0. The molecule has 0 radical (unpaired) electrons. The lowest BCUT2D eigenvalue weighted by molar-refractivity contribution is 1.30. The van der Waals surface area contributed by atoms with E-state index in [4.69, 9.17) is 0 Å². The van der Waals surface area contributed by atoms with E-state index >= 15 is 0 Å². The molecule has 16 heavy (non-hydrogen) atoms. The van der Waals surface area contributed by atoms with Gasteiger partial charge in [0.2, 0.25) is 0 Å². The fourth-order valence-corrected chi connectivity index (χ4v) is 2.44. The molecule has 0 unspecified atom stereocenters. The molecule has 1 nitrogen and oxygen atoms in total. The summed E-state index contributed by atoms with van der Waals surface area (Å²) in [5, 5.41) is 1.12. The summed E-state index contributed by atoms with van der Waals surface area (Å²) in [6, 6.07) is 8.60. The van der Waals surface area contributed by atoms with Crippen molar-refractivity contribution in [2.24, 2.45) is 0 Å². The monoisotopic (exact) mass is 251 g/mol. The Kier molecular flexibility index (Phi) is 5.56. The van der Waals surface area contributed by atoms with Crippen LogP contribution in [-0.2, 0) is 0 Å². The average Bonchev–Trinajstić information content (AvgIpc) is 2.79. The first-order valence-electron chi connectivity index (χ1n) is 5.36. The first-order valence-corrected chi connectivity index (χ1v) is 7.40. The summed E-state index contributed by atoms with van der Waals surface area (Å²) in [5.41, 5.74) is 1.26. The highest BCUT2D eigenvalue weighted by Gasteiger charge is 2.00. The van der Waals surface area contributed by atoms with Gasteiger partial charge in [0.25, 0.3) is 0 Å². The SMILES string of the molecule is CC.CSc1ccc(-c2cnc(C)s2)cc1. The van der Waals surface area contributed by atoms with Crippen molar-refractivity contribution in [1.82, 2.24) is 4.98 Å². The van der Waals surface area contributed by atoms with Crippen molar-refractivity contribution in [3.05, 3.63) is 35.5 Å². The molecule has 0 atom stereocenters. The Balaban J connectivity index is 0.000000606. The Bertz CT molecular complexity index is 418. The average molecular weight is 251 g/mol. The Hall–Kier alpha value is -0.800. The molecule has 0 fully saturated rings. The van der Waals surface area contributed by atoms with E-state index in [0.29, 0.717) is 0 Å². The highest BCUT2D eigenvalue weighted by atomic mass is 32.2. The van der Waals surface area contributed by atoms with Crippen LogP contribution in [0.25, 0.3) is 10.4 Å². The second-order valence-corrected chi connectivity index (χ2v) is 5.09. The van der Waals surface area contributed by atoms with Crippen LogP contribution in [0.4, 0.5) is 0 Å². The maximum atomic E-state index is 4.25. The summed E-state index contributed by atoms with van der Waals surface area (Å²) in [6.45, 7) is 6.03. The van der Waals surface area contributed by atoms with Gasteiger partial charge in [0.05, 0.1) is 9.88 Å². The Morgan fingerprint density at radius 3 is 2.19 bits per heavy atom. The number of hydrogen-bond acceptors (Lipinski definition) is 3. The van der Waals surface area contributed by atoms with Gasteiger partial charge in [0, 0.05) is 11.1 Å². The predicted molar refractivity (Wildman–Crippen MR) is 75.4 cm³/mol. The maximum absolute atomic E-state index is 4.25. The van der Waals surface area contributed by atoms with E-state index in [9.17, 15) is 0 Å². The predicted octanol–water partition coefficient (Wildman–Crippen LogP) is 4.87. The van der Waals surface area contributed by atoms with E-state index < -0.39 is 0 Å². The third-order valence-electron chi connectivity index (χ3n) is 2.00. The van der Waals surface area contributed by atoms with Gasteiger partial charge in [-0.25, -0.2) is 4.98 Å². The summed E-state index contributed by atoms with van der Waals surface area (Å²) < 4.78 is 0. The topological polar surface area (TPSA) is 12.9 Å². The van der Waals surface area contributed by atoms with Crippen LogP contribution in [0.5, 0.6) is 0 Å². The number of hydrogen-bond donors (Lipinski definition) is 0. The van der Waals surface area contributed by atoms with E-state index in [1.165, 1.54) is 15.3 Å². The van der Waals surface area contributed by atoms with Gasteiger partial charge in [-0.15, -0.1) is 23.1 Å². The molecule has 0 aliphatic rings. The number of thiazole rings is 1. The zero-order valence-corrected chi connectivity index (χ0v) is 11.8. The van der Waals surface area contributed by atoms with Gasteiger partial charge < -0.3 is 0 Å². The molecule has 1 heterocycles. The Morgan fingerprint density at radius 2 is 1.75 bits per heavy atom. The number of aromatic nitrogens is 1. The van der Waals surface area contributed by atoms with E-state index in [0.717, 1.165) is 5.01 Å². The van der Waals surface area contributed by atoms with Crippen LogP contribution in [-0.4, -0.2) is 11.2 Å². The molecule has 0 bridgehead atoms. The lowest BCUT2D eigenvalue weighted by Gasteiger charge is -1.98. The molecule has 86 valence electrons. The van der Waals surface area contributed by atoms with Crippen molar-refractivity contribution in [3.8, 4) is 10.4 Å². The molecule has 0 amide bonds. The summed E-state index contributed by atoms with van der Waals surface area (Å²) in [4.78, 5) is 6.80. The van der Waals surface area contributed by atoms with Gasteiger partial charge in [-0.1, -0.05) is 26.0 Å². The van der Waals surface area contributed by atoms with Crippen molar-refractivity contribution in [3.63, 3.8) is 0 Å². The fraction of sp³-hybridized carbons (Fsp3) is 0.308. The van der Waals surface area contributed by atoms with E-state index in [1.54, 1.807) is 23.1 Å². The second kappa shape index (κ2) is 6.71. The van der Waals surface area contributed by atoms with Crippen LogP contribution in [0, 0.1) is 6.92 Å². The van der Waals surface area contributed by atoms with Gasteiger partial charge in [-0.3, -0.25) is 0 Å².